The van der Waals surface area contributed by atoms with Crippen molar-refractivity contribution in [2.24, 2.45) is 0 Å². The van der Waals surface area contributed by atoms with Gasteiger partial charge in [0.1, 0.15) is 0 Å². The molecule has 2 aromatic heterocycles. The fourth-order valence-electron chi connectivity index (χ4n) is 3.30. The molecule has 4 aromatic rings. The SMILES string of the molecule is CC(C)N(Cc1nnc(-c2ccccc2Cl)o1)C(=O)c1ccc(CNC(=O)c2cccs2)cc1. The van der Waals surface area contributed by atoms with Crippen molar-refractivity contribution in [3.05, 3.63) is 93.0 Å². The maximum absolute atomic E-state index is 13.2. The molecule has 1 N–H and O–H groups in total. The predicted molar refractivity (Wildman–Crippen MR) is 132 cm³/mol. The number of benzene rings is 2. The van der Waals surface area contributed by atoms with E-state index in [0.29, 0.717) is 39.4 Å². The number of rotatable bonds is 8. The molecule has 0 radical (unpaired) electrons. The third-order valence-electron chi connectivity index (χ3n) is 5.16. The number of nitrogens with zero attached hydrogens (tertiary/aromatic N) is 3. The Morgan fingerprint density at radius 1 is 1.06 bits per heavy atom. The number of nitrogens with one attached hydrogen (secondary N) is 1. The third-order valence-corrected chi connectivity index (χ3v) is 6.36. The number of hydrogen-bond acceptors (Lipinski definition) is 6. The van der Waals surface area contributed by atoms with Crippen LogP contribution in [0.2, 0.25) is 5.02 Å². The van der Waals surface area contributed by atoms with E-state index in [1.165, 1.54) is 11.3 Å². The molecule has 0 aliphatic carbocycles. The molecule has 0 spiro atoms. The lowest BCUT2D eigenvalue weighted by Crippen LogP contribution is -2.36. The zero-order chi connectivity index (χ0) is 24.1. The lowest BCUT2D eigenvalue weighted by molar-refractivity contribution is 0.0672. The Hall–Kier alpha value is -3.49. The minimum absolute atomic E-state index is 0.0899. The van der Waals surface area contributed by atoms with Crippen LogP contribution in [0.25, 0.3) is 11.5 Å². The number of aromatic nitrogens is 2. The predicted octanol–water partition coefficient (Wildman–Crippen LogP) is 5.43. The summed E-state index contributed by atoms with van der Waals surface area (Å²) in [6.45, 7) is 4.41. The van der Waals surface area contributed by atoms with Gasteiger partial charge >= 0.3 is 0 Å². The van der Waals surface area contributed by atoms with Gasteiger partial charge in [-0.05, 0) is 55.1 Å². The first kappa shape index (κ1) is 23.7. The van der Waals surface area contributed by atoms with Crippen LogP contribution in [0, 0.1) is 0 Å². The maximum atomic E-state index is 13.2. The Labute approximate surface area is 206 Å². The van der Waals surface area contributed by atoms with Crippen molar-refractivity contribution in [1.82, 2.24) is 20.4 Å². The molecule has 2 heterocycles. The second-order valence-corrected chi connectivity index (χ2v) is 9.22. The maximum Gasteiger partial charge on any atom is 0.261 e. The van der Waals surface area contributed by atoms with Crippen molar-refractivity contribution >= 4 is 34.8 Å². The van der Waals surface area contributed by atoms with Crippen LogP contribution in [0.4, 0.5) is 0 Å². The van der Waals surface area contributed by atoms with Crippen LogP contribution >= 0.6 is 22.9 Å². The molecular formula is C25H23ClN4O3S. The first-order valence-corrected chi connectivity index (χ1v) is 12.0. The molecule has 174 valence electrons. The molecule has 0 saturated heterocycles. The molecule has 9 heteroatoms. The summed E-state index contributed by atoms with van der Waals surface area (Å²) in [5.74, 6) is 0.370. The van der Waals surface area contributed by atoms with Gasteiger partial charge in [0.2, 0.25) is 11.8 Å². The summed E-state index contributed by atoms with van der Waals surface area (Å²) in [5.41, 5.74) is 2.08. The molecule has 34 heavy (non-hydrogen) atoms. The van der Waals surface area contributed by atoms with Crippen LogP contribution < -0.4 is 5.32 Å². The zero-order valence-electron chi connectivity index (χ0n) is 18.7. The highest BCUT2D eigenvalue weighted by Gasteiger charge is 2.22. The molecule has 0 atom stereocenters. The van der Waals surface area contributed by atoms with Gasteiger partial charge < -0.3 is 14.6 Å². The summed E-state index contributed by atoms with van der Waals surface area (Å²) in [7, 11) is 0. The molecule has 0 saturated carbocycles. The zero-order valence-corrected chi connectivity index (χ0v) is 20.3. The highest BCUT2D eigenvalue weighted by molar-refractivity contribution is 7.12. The number of thiophene rings is 1. The van der Waals surface area contributed by atoms with E-state index in [0.717, 1.165) is 5.56 Å². The van der Waals surface area contributed by atoms with Gasteiger partial charge in [-0.25, -0.2) is 0 Å². The first-order valence-electron chi connectivity index (χ1n) is 10.7. The van der Waals surface area contributed by atoms with Crippen LogP contribution in [-0.4, -0.2) is 33.0 Å². The fourth-order valence-corrected chi connectivity index (χ4v) is 4.16. The minimum atomic E-state index is -0.151. The molecule has 4 rings (SSSR count). The van der Waals surface area contributed by atoms with Crippen molar-refractivity contribution in [1.29, 1.82) is 0 Å². The fraction of sp³-hybridized carbons (Fsp3) is 0.200. The summed E-state index contributed by atoms with van der Waals surface area (Å²) < 4.78 is 5.78. The van der Waals surface area contributed by atoms with Crippen LogP contribution in [0.3, 0.4) is 0 Å². The number of carbonyl (C=O) groups excluding carboxylic acids is 2. The standard InChI is InChI=1S/C25H23ClN4O3S/c1-16(2)30(15-22-28-29-24(33-22)19-6-3-4-7-20(19)26)25(32)18-11-9-17(10-12-18)14-27-23(31)21-8-5-13-34-21/h3-13,16H,14-15H2,1-2H3,(H,27,31). The molecule has 0 unspecified atom stereocenters. The van der Waals surface area contributed by atoms with Gasteiger partial charge in [-0.1, -0.05) is 41.9 Å². The molecule has 0 aliphatic heterocycles. The van der Waals surface area contributed by atoms with Gasteiger partial charge in [-0.2, -0.15) is 0 Å². The number of amides is 2. The molecule has 0 bridgehead atoms. The summed E-state index contributed by atoms with van der Waals surface area (Å²) in [4.78, 5) is 27.6. The number of hydrogen-bond donors (Lipinski definition) is 1. The molecular weight excluding hydrogens is 472 g/mol. The van der Waals surface area contributed by atoms with Gasteiger partial charge in [0.05, 0.1) is 22.0 Å². The quantitative estimate of drug-likeness (QED) is 0.352. The highest BCUT2D eigenvalue weighted by Crippen LogP contribution is 2.26. The van der Waals surface area contributed by atoms with E-state index in [2.05, 4.69) is 15.5 Å². The van der Waals surface area contributed by atoms with Gasteiger partial charge in [0.15, 0.2) is 0 Å². The van der Waals surface area contributed by atoms with E-state index in [4.69, 9.17) is 16.0 Å². The molecule has 0 aliphatic rings. The van der Waals surface area contributed by atoms with Crippen molar-refractivity contribution in [3.8, 4) is 11.5 Å². The van der Waals surface area contributed by atoms with Crippen molar-refractivity contribution in [2.75, 3.05) is 0 Å². The third kappa shape index (κ3) is 5.52. The minimum Gasteiger partial charge on any atom is -0.419 e. The number of halogens is 1. The van der Waals surface area contributed by atoms with E-state index < -0.39 is 0 Å². The number of carbonyl (C=O) groups is 2. The average molecular weight is 495 g/mol. The molecule has 7 nitrogen and oxygen atoms in total. The Morgan fingerprint density at radius 2 is 1.82 bits per heavy atom. The molecule has 2 amide bonds. The van der Waals surface area contributed by atoms with E-state index in [-0.39, 0.29) is 24.4 Å². The highest BCUT2D eigenvalue weighted by atomic mass is 35.5. The van der Waals surface area contributed by atoms with Crippen molar-refractivity contribution < 1.29 is 14.0 Å². The smallest absolute Gasteiger partial charge is 0.261 e. The Morgan fingerprint density at radius 3 is 2.50 bits per heavy atom. The summed E-state index contributed by atoms with van der Waals surface area (Å²) >= 11 is 7.61. The summed E-state index contributed by atoms with van der Waals surface area (Å²) in [6, 6.07) is 17.9. The normalized spacial score (nSPS) is 10.9. The van der Waals surface area contributed by atoms with Gasteiger partial charge in [0, 0.05) is 18.2 Å². The van der Waals surface area contributed by atoms with E-state index in [9.17, 15) is 9.59 Å². The second-order valence-electron chi connectivity index (χ2n) is 7.86. The van der Waals surface area contributed by atoms with E-state index >= 15 is 0 Å². The van der Waals surface area contributed by atoms with Gasteiger partial charge in [-0.15, -0.1) is 21.5 Å². The first-order chi connectivity index (χ1) is 16.4. The lowest BCUT2D eigenvalue weighted by Gasteiger charge is -2.25. The average Bonchev–Trinajstić information content (AvgIpc) is 3.54. The Bertz CT molecular complexity index is 1270. The van der Waals surface area contributed by atoms with Gasteiger partial charge in [0.25, 0.3) is 11.8 Å². The van der Waals surface area contributed by atoms with Crippen LogP contribution in [-0.2, 0) is 13.1 Å². The van der Waals surface area contributed by atoms with Gasteiger partial charge in [-0.3, -0.25) is 9.59 Å². The Balaban J connectivity index is 1.42. The van der Waals surface area contributed by atoms with Crippen molar-refractivity contribution in [2.45, 2.75) is 33.0 Å². The molecule has 2 aromatic carbocycles. The second kappa shape index (κ2) is 10.6. The van der Waals surface area contributed by atoms with Crippen molar-refractivity contribution in [3.63, 3.8) is 0 Å². The van der Waals surface area contributed by atoms with E-state index in [1.54, 1.807) is 35.2 Å². The van der Waals surface area contributed by atoms with Crippen LogP contribution in [0.1, 0.15) is 45.3 Å². The monoisotopic (exact) mass is 494 g/mol. The Kier molecular flexibility index (Phi) is 7.40. The summed E-state index contributed by atoms with van der Waals surface area (Å²) in [5, 5.41) is 13.4. The van der Waals surface area contributed by atoms with Crippen LogP contribution in [0.5, 0.6) is 0 Å². The molecule has 0 fully saturated rings. The lowest BCUT2D eigenvalue weighted by atomic mass is 10.1. The topological polar surface area (TPSA) is 88.3 Å². The summed E-state index contributed by atoms with van der Waals surface area (Å²) in [6.07, 6.45) is 0. The van der Waals surface area contributed by atoms with Crippen LogP contribution in [0.15, 0.2) is 70.5 Å². The largest absolute Gasteiger partial charge is 0.419 e. The van der Waals surface area contributed by atoms with E-state index in [1.807, 2.05) is 49.6 Å².